The molecule has 2 aliphatic heterocycles. The van der Waals surface area contributed by atoms with Crippen LogP contribution >= 0.6 is 0 Å². The van der Waals surface area contributed by atoms with Crippen molar-refractivity contribution in [3.63, 3.8) is 0 Å². The predicted molar refractivity (Wildman–Crippen MR) is 155 cm³/mol. The Kier molecular flexibility index (Phi) is 5.58. The van der Waals surface area contributed by atoms with E-state index < -0.39 is 0 Å². The number of piperidine rings is 1. The van der Waals surface area contributed by atoms with Gasteiger partial charge in [0.2, 0.25) is 11.8 Å². The van der Waals surface area contributed by atoms with Gasteiger partial charge in [-0.15, -0.1) is 0 Å². The minimum atomic E-state index is -0.300. The number of hydrogen-bond acceptors (Lipinski definition) is 2. The Labute approximate surface area is 227 Å². The Morgan fingerprint density at radius 2 is 1.38 bits per heavy atom. The molecule has 0 saturated carbocycles. The summed E-state index contributed by atoms with van der Waals surface area (Å²) in [5.41, 5.74) is 6.58. The molecule has 0 spiro atoms. The van der Waals surface area contributed by atoms with Crippen molar-refractivity contribution in [1.82, 2.24) is 14.9 Å². The lowest BCUT2D eigenvalue weighted by atomic mass is 9.67. The molecule has 2 aliphatic rings. The average molecular weight is 517 g/mol. The first-order chi connectivity index (χ1) is 19.0. The molecule has 2 N–H and O–H groups in total. The van der Waals surface area contributed by atoms with Crippen molar-refractivity contribution < 1.29 is 9.59 Å². The van der Waals surface area contributed by atoms with Gasteiger partial charge in [-0.3, -0.25) is 9.59 Å². The van der Waals surface area contributed by atoms with Crippen LogP contribution in [0.2, 0.25) is 0 Å². The summed E-state index contributed by atoms with van der Waals surface area (Å²) in [5.74, 6) is -0.164. The fourth-order valence-electron chi connectivity index (χ4n) is 6.96. The number of H-pyrrole nitrogens is 2. The second-order valence-electron chi connectivity index (χ2n) is 11.1. The summed E-state index contributed by atoms with van der Waals surface area (Å²) in [7, 11) is 0. The van der Waals surface area contributed by atoms with Crippen LogP contribution in [0.25, 0.3) is 21.8 Å². The molecule has 3 aromatic carbocycles. The van der Waals surface area contributed by atoms with Crippen molar-refractivity contribution >= 4 is 39.3 Å². The van der Waals surface area contributed by atoms with Gasteiger partial charge in [-0.05, 0) is 54.7 Å². The lowest BCUT2D eigenvalue weighted by Gasteiger charge is -2.43. The minimum absolute atomic E-state index is 0.0339. The van der Waals surface area contributed by atoms with Crippen LogP contribution in [0.4, 0.5) is 5.69 Å². The molecule has 6 heteroatoms. The Balaban J connectivity index is 1.19. The molecule has 2 amide bonds. The maximum atomic E-state index is 13.8. The lowest BCUT2D eigenvalue weighted by molar-refractivity contribution is -0.137. The summed E-state index contributed by atoms with van der Waals surface area (Å²) in [4.78, 5) is 37.5. The summed E-state index contributed by atoms with van der Waals surface area (Å²) in [5, 5.41) is 2.47. The first kappa shape index (κ1) is 23.8. The number of likely N-dealkylation sites (tertiary alicyclic amines) is 1. The zero-order chi connectivity index (χ0) is 26.6. The number of aromatic nitrogens is 2. The number of hydrogen-bond donors (Lipinski definition) is 2. The van der Waals surface area contributed by atoms with Crippen LogP contribution in [0.3, 0.4) is 0 Å². The molecule has 2 aromatic heterocycles. The Morgan fingerprint density at radius 1 is 0.821 bits per heavy atom. The smallest absolute Gasteiger partial charge is 0.228 e. The van der Waals surface area contributed by atoms with E-state index in [-0.39, 0.29) is 29.6 Å². The molecule has 196 valence electrons. The number of amides is 2. The predicted octanol–water partition coefficient (Wildman–Crippen LogP) is 5.92. The van der Waals surface area contributed by atoms with Gasteiger partial charge in [0, 0.05) is 71.4 Å². The molecule has 2 saturated heterocycles. The van der Waals surface area contributed by atoms with E-state index >= 15 is 0 Å². The average Bonchev–Trinajstić information content (AvgIpc) is 3.70. The fraction of sp³-hybridized carbons (Fsp3) is 0.273. The quantitative estimate of drug-likeness (QED) is 0.311. The van der Waals surface area contributed by atoms with Crippen LogP contribution in [0.15, 0.2) is 85.2 Å². The number of aromatic amines is 2. The third kappa shape index (κ3) is 3.77. The van der Waals surface area contributed by atoms with Crippen LogP contribution in [0, 0.1) is 12.8 Å². The molecule has 0 bridgehead atoms. The normalized spacial score (nSPS) is 19.3. The van der Waals surface area contributed by atoms with Gasteiger partial charge in [-0.2, -0.15) is 0 Å². The minimum Gasteiger partial charge on any atom is -0.361 e. The van der Waals surface area contributed by atoms with E-state index in [4.69, 9.17) is 0 Å². The number of carbonyl (C=O) groups is 2. The highest BCUT2D eigenvalue weighted by atomic mass is 16.2. The number of nitrogens with zero attached hydrogens (tertiary/aromatic N) is 2. The molecular weight excluding hydrogens is 484 g/mol. The Bertz CT molecular complexity index is 1630. The largest absolute Gasteiger partial charge is 0.361 e. The maximum absolute atomic E-state index is 13.8. The SMILES string of the molecule is Cc1ccccc1N1CC(C(=O)N2CCC(c3c[nH]c4ccccc34)(c3c[nH]c4ccccc34)CC2)CC1=O. The second-order valence-corrected chi connectivity index (χ2v) is 11.1. The van der Waals surface area contributed by atoms with Gasteiger partial charge in [-0.1, -0.05) is 54.6 Å². The van der Waals surface area contributed by atoms with Crippen LogP contribution in [-0.2, 0) is 15.0 Å². The summed E-state index contributed by atoms with van der Waals surface area (Å²) >= 11 is 0. The zero-order valence-electron chi connectivity index (χ0n) is 22.1. The molecular formula is C33H32N4O2. The van der Waals surface area contributed by atoms with Crippen molar-refractivity contribution in [2.75, 3.05) is 24.5 Å². The van der Waals surface area contributed by atoms with E-state index in [9.17, 15) is 9.59 Å². The van der Waals surface area contributed by atoms with Crippen molar-refractivity contribution in [3.8, 4) is 0 Å². The van der Waals surface area contributed by atoms with Gasteiger partial charge in [0.25, 0.3) is 0 Å². The first-order valence-corrected chi connectivity index (χ1v) is 13.8. The number of para-hydroxylation sites is 3. The molecule has 6 nitrogen and oxygen atoms in total. The molecule has 0 aliphatic carbocycles. The van der Waals surface area contributed by atoms with Crippen molar-refractivity contribution in [1.29, 1.82) is 0 Å². The summed E-state index contributed by atoms with van der Waals surface area (Å²) in [6.45, 7) is 3.78. The molecule has 39 heavy (non-hydrogen) atoms. The molecule has 1 unspecified atom stereocenters. The number of rotatable bonds is 4. The van der Waals surface area contributed by atoms with Crippen molar-refractivity contribution in [3.05, 3.63) is 102 Å². The third-order valence-electron chi connectivity index (χ3n) is 9.02. The topological polar surface area (TPSA) is 72.2 Å². The number of aryl methyl sites for hydroxylation is 1. The van der Waals surface area contributed by atoms with E-state index in [1.54, 1.807) is 4.90 Å². The van der Waals surface area contributed by atoms with Crippen LogP contribution in [-0.4, -0.2) is 46.3 Å². The molecule has 0 radical (unpaired) electrons. The highest BCUT2D eigenvalue weighted by Crippen LogP contribution is 2.47. The monoisotopic (exact) mass is 516 g/mol. The highest BCUT2D eigenvalue weighted by molar-refractivity contribution is 6.01. The maximum Gasteiger partial charge on any atom is 0.228 e. The zero-order valence-corrected chi connectivity index (χ0v) is 22.1. The van der Waals surface area contributed by atoms with E-state index in [0.29, 0.717) is 19.6 Å². The van der Waals surface area contributed by atoms with E-state index in [0.717, 1.165) is 35.1 Å². The second kappa shape index (κ2) is 9.16. The third-order valence-corrected chi connectivity index (χ3v) is 9.02. The molecule has 1 atom stereocenters. The van der Waals surface area contributed by atoms with Gasteiger partial charge in [0.15, 0.2) is 0 Å². The number of fused-ring (bicyclic) bond motifs is 2. The summed E-state index contributed by atoms with van der Waals surface area (Å²) in [6.07, 6.45) is 6.26. The van der Waals surface area contributed by atoms with Crippen LogP contribution < -0.4 is 4.90 Å². The number of anilines is 1. The Hall–Kier alpha value is -4.32. The van der Waals surface area contributed by atoms with E-state index in [1.807, 2.05) is 36.1 Å². The van der Waals surface area contributed by atoms with Crippen LogP contribution in [0.1, 0.15) is 36.0 Å². The molecule has 7 rings (SSSR count). The van der Waals surface area contributed by atoms with Gasteiger partial charge < -0.3 is 19.8 Å². The van der Waals surface area contributed by atoms with Crippen molar-refractivity contribution in [2.45, 2.75) is 31.6 Å². The van der Waals surface area contributed by atoms with Crippen molar-refractivity contribution in [2.24, 2.45) is 5.92 Å². The summed E-state index contributed by atoms with van der Waals surface area (Å²) < 4.78 is 0. The number of nitrogens with one attached hydrogen (secondary N) is 2. The van der Waals surface area contributed by atoms with Crippen LogP contribution in [0.5, 0.6) is 0 Å². The van der Waals surface area contributed by atoms with E-state index in [2.05, 4.69) is 70.9 Å². The Morgan fingerprint density at radius 3 is 2.00 bits per heavy atom. The standard InChI is InChI=1S/C33H32N4O2/c1-22-8-2-7-13-30(22)37-21-23(18-31(37)38)32(39)36-16-14-33(15-17-36,26-19-34-28-11-5-3-9-24(26)28)27-20-35-29-12-6-4-10-25(27)29/h2-13,19-20,23,34-35H,14-18,21H2,1H3. The van der Waals surface area contributed by atoms with E-state index in [1.165, 1.54) is 21.9 Å². The first-order valence-electron chi connectivity index (χ1n) is 13.8. The lowest BCUT2D eigenvalue weighted by Crippen LogP contribution is -2.47. The van der Waals surface area contributed by atoms with Gasteiger partial charge in [0.05, 0.1) is 5.92 Å². The van der Waals surface area contributed by atoms with Gasteiger partial charge in [-0.25, -0.2) is 0 Å². The molecule has 5 aromatic rings. The van der Waals surface area contributed by atoms with Gasteiger partial charge in [0.1, 0.15) is 0 Å². The molecule has 4 heterocycles. The van der Waals surface area contributed by atoms with Gasteiger partial charge >= 0.3 is 0 Å². The number of carbonyl (C=O) groups excluding carboxylic acids is 2. The highest BCUT2D eigenvalue weighted by Gasteiger charge is 2.44. The fourth-order valence-corrected chi connectivity index (χ4v) is 6.96. The molecule has 2 fully saturated rings. The number of benzene rings is 3. The summed E-state index contributed by atoms with van der Waals surface area (Å²) in [6, 6.07) is 24.9.